The zero-order chi connectivity index (χ0) is 12.1. The molecular formula is C16H21N. The van der Waals surface area contributed by atoms with Crippen LogP contribution in [0.25, 0.3) is 10.9 Å². The molecule has 17 heavy (non-hydrogen) atoms. The number of hydrogen-bond acceptors (Lipinski definition) is 1. The molecule has 0 aliphatic heterocycles. The van der Waals surface area contributed by atoms with Crippen molar-refractivity contribution in [3.05, 3.63) is 42.1 Å². The molecule has 0 bridgehead atoms. The summed E-state index contributed by atoms with van der Waals surface area (Å²) in [5.41, 5.74) is 2.46. The van der Waals surface area contributed by atoms with E-state index in [-0.39, 0.29) is 0 Å². The van der Waals surface area contributed by atoms with Crippen molar-refractivity contribution in [2.24, 2.45) is 5.92 Å². The molecule has 0 spiro atoms. The minimum atomic E-state index is 0.762. The van der Waals surface area contributed by atoms with E-state index in [0.717, 1.165) is 17.9 Å². The Labute approximate surface area is 104 Å². The largest absolute Gasteiger partial charge is 0.256 e. The first-order chi connectivity index (χ1) is 8.29. The van der Waals surface area contributed by atoms with Gasteiger partial charge in [-0.1, -0.05) is 51.3 Å². The lowest BCUT2D eigenvalue weighted by Crippen LogP contribution is -2.00. The summed E-state index contributed by atoms with van der Waals surface area (Å²) < 4.78 is 0. The average molecular weight is 227 g/mol. The highest BCUT2D eigenvalue weighted by molar-refractivity contribution is 5.78. The van der Waals surface area contributed by atoms with E-state index in [1.54, 1.807) is 0 Å². The number of benzene rings is 1. The second-order valence-corrected chi connectivity index (χ2v) is 4.99. The Balaban J connectivity index is 2.08. The third-order valence-electron chi connectivity index (χ3n) is 3.28. The Morgan fingerprint density at radius 2 is 2.06 bits per heavy atom. The molecule has 1 nitrogen and oxygen atoms in total. The highest BCUT2D eigenvalue weighted by Crippen LogP contribution is 2.18. The summed E-state index contributed by atoms with van der Waals surface area (Å²) in [6, 6.07) is 10.6. The molecule has 2 rings (SSSR count). The average Bonchev–Trinajstić information content (AvgIpc) is 2.36. The number of aromatic nitrogens is 1. The normalized spacial score (nSPS) is 12.8. The molecule has 1 aromatic heterocycles. The molecule has 1 atom stereocenters. The molecule has 0 N–H and O–H groups in total. The molecule has 0 radical (unpaired) electrons. The standard InChI is InChI=1S/C16H21N/c1-3-4-7-13(2)10-14-11-15-8-5-6-9-16(15)17-12-14/h5-6,8-9,11-13H,3-4,7,10H2,1-2H3. The fraction of sp³-hybridized carbons (Fsp3) is 0.438. The molecule has 0 aliphatic rings. The predicted octanol–water partition coefficient (Wildman–Crippen LogP) is 4.60. The van der Waals surface area contributed by atoms with Gasteiger partial charge in [0.05, 0.1) is 5.52 Å². The maximum Gasteiger partial charge on any atom is 0.0702 e. The number of pyridine rings is 1. The molecule has 1 unspecified atom stereocenters. The van der Waals surface area contributed by atoms with Gasteiger partial charge in [-0.05, 0) is 30.0 Å². The van der Waals surface area contributed by atoms with Gasteiger partial charge in [-0.25, -0.2) is 0 Å². The van der Waals surface area contributed by atoms with Gasteiger partial charge in [-0.2, -0.15) is 0 Å². The van der Waals surface area contributed by atoms with Crippen LogP contribution in [-0.4, -0.2) is 4.98 Å². The first kappa shape index (κ1) is 12.1. The molecule has 0 fully saturated rings. The Hall–Kier alpha value is -1.37. The van der Waals surface area contributed by atoms with E-state index in [1.807, 2.05) is 12.3 Å². The summed E-state index contributed by atoms with van der Waals surface area (Å²) in [5.74, 6) is 0.762. The molecule has 1 heteroatoms. The van der Waals surface area contributed by atoms with Crippen LogP contribution < -0.4 is 0 Å². The summed E-state index contributed by atoms with van der Waals surface area (Å²) in [4.78, 5) is 4.51. The van der Waals surface area contributed by atoms with Crippen LogP contribution in [0.4, 0.5) is 0 Å². The van der Waals surface area contributed by atoms with E-state index in [0.29, 0.717) is 0 Å². The maximum absolute atomic E-state index is 4.51. The van der Waals surface area contributed by atoms with Gasteiger partial charge in [0, 0.05) is 11.6 Å². The van der Waals surface area contributed by atoms with E-state index < -0.39 is 0 Å². The van der Waals surface area contributed by atoms with Crippen LogP contribution in [0.1, 0.15) is 38.7 Å². The van der Waals surface area contributed by atoms with Gasteiger partial charge in [-0.3, -0.25) is 4.98 Å². The van der Waals surface area contributed by atoms with Gasteiger partial charge in [0.25, 0.3) is 0 Å². The first-order valence-electron chi connectivity index (χ1n) is 6.63. The lowest BCUT2D eigenvalue weighted by Gasteiger charge is -2.10. The van der Waals surface area contributed by atoms with Gasteiger partial charge < -0.3 is 0 Å². The van der Waals surface area contributed by atoms with E-state index in [2.05, 4.69) is 43.1 Å². The smallest absolute Gasteiger partial charge is 0.0702 e. The summed E-state index contributed by atoms with van der Waals surface area (Å²) in [5, 5.41) is 1.26. The molecule has 0 amide bonds. The second-order valence-electron chi connectivity index (χ2n) is 4.99. The number of nitrogens with zero attached hydrogens (tertiary/aromatic N) is 1. The van der Waals surface area contributed by atoms with Crippen molar-refractivity contribution in [1.29, 1.82) is 0 Å². The Morgan fingerprint density at radius 1 is 1.24 bits per heavy atom. The van der Waals surface area contributed by atoms with Crippen molar-refractivity contribution in [2.45, 2.75) is 39.5 Å². The fourth-order valence-electron chi connectivity index (χ4n) is 2.29. The monoisotopic (exact) mass is 227 g/mol. The summed E-state index contributed by atoms with van der Waals surface area (Å²) >= 11 is 0. The van der Waals surface area contributed by atoms with Crippen LogP contribution in [0.15, 0.2) is 36.5 Å². The SMILES string of the molecule is CCCCC(C)Cc1cnc2ccccc2c1. The van der Waals surface area contributed by atoms with Gasteiger partial charge in [0.1, 0.15) is 0 Å². The van der Waals surface area contributed by atoms with Crippen LogP contribution in [-0.2, 0) is 6.42 Å². The van der Waals surface area contributed by atoms with Crippen LogP contribution in [0.3, 0.4) is 0 Å². The molecule has 90 valence electrons. The zero-order valence-electron chi connectivity index (χ0n) is 10.8. The van der Waals surface area contributed by atoms with Gasteiger partial charge in [0.15, 0.2) is 0 Å². The first-order valence-corrected chi connectivity index (χ1v) is 6.63. The summed E-state index contributed by atoms with van der Waals surface area (Å²) in [6.07, 6.45) is 7.13. The third-order valence-corrected chi connectivity index (χ3v) is 3.28. The lowest BCUT2D eigenvalue weighted by molar-refractivity contribution is 0.503. The van der Waals surface area contributed by atoms with E-state index in [1.165, 1.54) is 30.2 Å². The van der Waals surface area contributed by atoms with Crippen molar-refractivity contribution in [3.8, 4) is 0 Å². The van der Waals surface area contributed by atoms with E-state index >= 15 is 0 Å². The number of rotatable bonds is 5. The molecule has 2 aromatic rings. The highest BCUT2D eigenvalue weighted by atomic mass is 14.6. The van der Waals surface area contributed by atoms with Crippen molar-refractivity contribution >= 4 is 10.9 Å². The van der Waals surface area contributed by atoms with Crippen molar-refractivity contribution < 1.29 is 0 Å². The fourth-order valence-corrected chi connectivity index (χ4v) is 2.29. The van der Waals surface area contributed by atoms with Gasteiger partial charge in [-0.15, -0.1) is 0 Å². The number of hydrogen-bond donors (Lipinski definition) is 0. The van der Waals surface area contributed by atoms with Crippen molar-refractivity contribution in [3.63, 3.8) is 0 Å². The molecule has 0 saturated carbocycles. The molecule has 1 heterocycles. The van der Waals surface area contributed by atoms with E-state index in [4.69, 9.17) is 0 Å². The number of unbranched alkanes of at least 4 members (excludes halogenated alkanes) is 1. The lowest BCUT2D eigenvalue weighted by atomic mass is 9.96. The quantitative estimate of drug-likeness (QED) is 0.727. The zero-order valence-corrected chi connectivity index (χ0v) is 10.8. The summed E-state index contributed by atoms with van der Waals surface area (Å²) in [7, 11) is 0. The van der Waals surface area contributed by atoms with E-state index in [9.17, 15) is 0 Å². The van der Waals surface area contributed by atoms with Gasteiger partial charge in [0.2, 0.25) is 0 Å². The minimum Gasteiger partial charge on any atom is -0.256 e. The molecule has 0 saturated heterocycles. The molecule has 0 aliphatic carbocycles. The second kappa shape index (κ2) is 5.81. The van der Waals surface area contributed by atoms with Crippen LogP contribution in [0.5, 0.6) is 0 Å². The predicted molar refractivity (Wildman–Crippen MR) is 74.1 cm³/mol. The Bertz CT molecular complexity index is 476. The minimum absolute atomic E-state index is 0.762. The van der Waals surface area contributed by atoms with Crippen LogP contribution >= 0.6 is 0 Å². The molecule has 1 aromatic carbocycles. The van der Waals surface area contributed by atoms with Gasteiger partial charge >= 0.3 is 0 Å². The topological polar surface area (TPSA) is 12.9 Å². The Kier molecular flexibility index (Phi) is 4.13. The van der Waals surface area contributed by atoms with Crippen molar-refractivity contribution in [1.82, 2.24) is 4.98 Å². The summed E-state index contributed by atoms with van der Waals surface area (Å²) in [6.45, 7) is 4.59. The van der Waals surface area contributed by atoms with Crippen LogP contribution in [0.2, 0.25) is 0 Å². The van der Waals surface area contributed by atoms with Crippen molar-refractivity contribution in [2.75, 3.05) is 0 Å². The Morgan fingerprint density at radius 3 is 2.88 bits per heavy atom. The number of fused-ring (bicyclic) bond motifs is 1. The van der Waals surface area contributed by atoms with Crippen LogP contribution in [0, 0.1) is 5.92 Å². The maximum atomic E-state index is 4.51. The highest BCUT2D eigenvalue weighted by Gasteiger charge is 2.04. The number of para-hydroxylation sites is 1. The molecular weight excluding hydrogens is 206 g/mol. The third kappa shape index (κ3) is 3.29.